The number of hydrogen-bond acceptors (Lipinski definition) is 2. The molecule has 92 valence electrons. The maximum atomic E-state index is 5.45. The average molecular weight is 231 g/mol. The zero-order valence-corrected chi connectivity index (χ0v) is 10.6. The first-order chi connectivity index (χ1) is 8.33. The van der Waals surface area contributed by atoms with Gasteiger partial charge in [0.1, 0.15) is 0 Å². The van der Waals surface area contributed by atoms with Gasteiger partial charge >= 0.3 is 0 Å². The lowest BCUT2D eigenvalue weighted by Crippen LogP contribution is -2.42. The molecule has 0 aromatic heterocycles. The summed E-state index contributed by atoms with van der Waals surface area (Å²) in [6, 6.07) is 7.66. The molecule has 0 atom stereocenters. The molecule has 1 aromatic rings. The number of nitrogens with zero attached hydrogens (tertiary/aromatic N) is 1. The van der Waals surface area contributed by atoms with Gasteiger partial charge in [-0.05, 0) is 37.3 Å². The fraction of sp³-hybridized carbons (Fsp3) is 0.600. The van der Waals surface area contributed by atoms with E-state index in [0.717, 1.165) is 25.8 Å². The Morgan fingerprint density at radius 3 is 2.82 bits per heavy atom. The van der Waals surface area contributed by atoms with Crippen LogP contribution in [-0.4, -0.2) is 30.7 Å². The van der Waals surface area contributed by atoms with Gasteiger partial charge in [0.25, 0.3) is 0 Å². The van der Waals surface area contributed by atoms with Crippen LogP contribution < -0.4 is 0 Å². The van der Waals surface area contributed by atoms with Crippen molar-refractivity contribution in [3.8, 4) is 0 Å². The zero-order chi connectivity index (χ0) is 11.7. The summed E-state index contributed by atoms with van der Waals surface area (Å²) in [5.41, 5.74) is 4.49. The van der Waals surface area contributed by atoms with Crippen LogP contribution in [0.1, 0.15) is 29.5 Å². The van der Waals surface area contributed by atoms with E-state index >= 15 is 0 Å². The molecule has 2 heterocycles. The van der Waals surface area contributed by atoms with Crippen molar-refractivity contribution in [2.24, 2.45) is 0 Å². The molecule has 1 saturated heterocycles. The van der Waals surface area contributed by atoms with E-state index in [1.165, 1.54) is 36.9 Å². The minimum Gasteiger partial charge on any atom is -0.381 e. The molecule has 0 amide bonds. The first kappa shape index (κ1) is 11.2. The highest BCUT2D eigenvalue weighted by atomic mass is 16.5. The maximum Gasteiger partial charge on any atom is 0.0480 e. The molecule has 2 aliphatic heterocycles. The van der Waals surface area contributed by atoms with E-state index in [9.17, 15) is 0 Å². The van der Waals surface area contributed by atoms with Gasteiger partial charge in [0, 0.05) is 32.3 Å². The van der Waals surface area contributed by atoms with Crippen LogP contribution >= 0.6 is 0 Å². The monoisotopic (exact) mass is 231 g/mol. The van der Waals surface area contributed by atoms with Crippen LogP contribution in [0.5, 0.6) is 0 Å². The van der Waals surface area contributed by atoms with Gasteiger partial charge in [-0.1, -0.05) is 23.8 Å². The fourth-order valence-electron chi connectivity index (χ4n) is 3.07. The van der Waals surface area contributed by atoms with Crippen molar-refractivity contribution in [1.82, 2.24) is 4.90 Å². The number of benzene rings is 1. The highest BCUT2D eigenvalue weighted by Gasteiger charge is 2.24. The summed E-state index contributed by atoms with van der Waals surface area (Å²) < 4.78 is 5.45. The molecule has 0 aliphatic carbocycles. The summed E-state index contributed by atoms with van der Waals surface area (Å²) in [5, 5.41) is 0. The Labute approximate surface area is 104 Å². The van der Waals surface area contributed by atoms with Gasteiger partial charge in [-0.2, -0.15) is 0 Å². The number of ether oxygens (including phenoxy) is 1. The third-order valence-electron chi connectivity index (χ3n) is 4.11. The molecular weight excluding hydrogens is 210 g/mol. The van der Waals surface area contributed by atoms with E-state index < -0.39 is 0 Å². The molecule has 0 N–H and O–H groups in total. The minimum atomic E-state index is 0.748. The summed E-state index contributed by atoms with van der Waals surface area (Å²) in [7, 11) is 0. The molecule has 3 rings (SSSR count). The first-order valence-corrected chi connectivity index (χ1v) is 6.73. The third-order valence-corrected chi connectivity index (χ3v) is 4.11. The summed E-state index contributed by atoms with van der Waals surface area (Å²) >= 11 is 0. The van der Waals surface area contributed by atoms with Crippen molar-refractivity contribution in [2.45, 2.75) is 38.8 Å². The Morgan fingerprint density at radius 2 is 2.00 bits per heavy atom. The zero-order valence-electron chi connectivity index (χ0n) is 10.6. The average Bonchev–Trinajstić information content (AvgIpc) is 2.39. The van der Waals surface area contributed by atoms with Crippen molar-refractivity contribution in [2.75, 3.05) is 19.8 Å². The summed E-state index contributed by atoms with van der Waals surface area (Å²) in [6.07, 6.45) is 3.64. The quantitative estimate of drug-likeness (QED) is 0.736. The SMILES string of the molecule is Cc1ccc2c(c1)CCN(C1CCOCC1)C2. The summed E-state index contributed by atoms with van der Waals surface area (Å²) in [6.45, 7) is 6.44. The number of aryl methyl sites for hydroxylation is 1. The lowest BCUT2D eigenvalue weighted by Gasteiger charge is -2.37. The van der Waals surface area contributed by atoms with Crippen molar-refractivity contribution >= 4 is 0 Å². The van der Waals surface area contributed by atoms with Crippen molar-refractivity contribution in [3.63, 3.8) is 0 Å². The van der Waals surface area contributed by atoms with Gasteiger partial charge in [-0.3, -0.25) is 4.90 Å². The predicted octanol–water partition coefficient (Wildman–Crippen LogP) is 2.53. The molecule has 2 nitrogen and oxygen atoms in total. The number of rotatable bonds is 1. The molecule has 0 saturated carbocycles. The molecule has 0 bridgehead atoms. The molecule has 2 heteroatoms. The van der Waals surface area contributed by atoms with E-state index in [0.29, 0.717) is 0 Å². The second-order valence-electron chi connectivity index (χ2n) is 5.34. The van der Waals surface area contributed by atoms with Crippen LogP contribution in [0.15, 0.2) is 18.2 Å². The standard InChI is InChI=1S/C15H21NO/c1-12-2-3-14-11-16(7-4-13(14)10-12)15-5-8-17-9-6-15/h2-3,10,15H,4-9,11H2,1H3. The van der Waals surface area contributed by atoms with Gasteiger partial charge in [0.2, 0.25) is 0 Å². The normalized spacial score (nSPS) is 22.4. The first-order valence-electron chi connectivity index (χ1n) is 6.73. The lowest BCUT2D eigenvalue weighted by molar-refractivity contribution is 0.0290. The number of fused-ring (bicyclic) bond motifs is 1. The minimum absolute atomic E-state index is 0.748. The fourth-order valence-corrected chi connectivity index (χ4v) is 3.07. The highest BCUT2D eigenvalue weighted by Crippen LogP contribution is 2.24. The van der Waals surface area contributed by atoms with Crippen molar-refractivity contribution in [3.05, 3.63) is 34.9 Å². The molecule has 1 fully saturated rings. The predicted molar refractivity (Wildman–Crippen MR) is 69.1 cm³/mol. The molecule has 1 aromatic carbocycles. The third kappa shape index (κ3) is 2.38. The highest BCUT2D eigenvalue weighted by molar-refractivity contribution is 5.33. The molecule has 2 aliphatic rings. The van der Waals surface area contributed by atoms with E-state index in [1.54, 1.807) is 5.56 Å². The Bertz CT molecular complexity index is 396. The van der Waals surface area contributed by atoms with Crippen LogP contribution in [0.4, 0.5) is 0 Å². The maximum absolute atomic E-state index is 5.45. The van der Waals surface area contributed by atoms with Gasteiger partial charge in [0.05, 0.1) is 0 Å². The van der Waals surface area contributed by atoms with Gasteiger partial charge in [-0.25, -0.2) is 0 Å². The second-order valence-corrected chi connectivity index (χ2v) is 5.34. The van der Waals surface area contributed by atoms with Crippen molar-refractivity contribution < 1.29 is 4.74 Å². The molecule has 0 spiro atoms. The van der Waals surface area contributed by atoms with Crippen LogP contribution in [-0.2, 0) is 17.7 Å². The van der Waals surface area contributed by atoms with Gasteiger partial charge in [0.15, 0.2) is 0 Å². The van der Waals surface area contributed by atoms with Crippen LogP contribution in [0.2, 0.25) is 0 Å². The Hall–Kier alpha value is -0.860. The van der Waals surface area contributed by atoms with Crippen LogP contribution in [0.3, 0.4) is 0 Å². The van der Waals surface area contributed by atoms with E-state index in [-0.39, 0.29) is 0 Å². The molecular formula is C15H21NO. The Morgan fingerprint density at radius 1 is 1.18 bits per heavy atom. The van der Waals surface area contributed by atoms with Crippen LogP contribution in [0.25, 0.3) is 0 Å². The topological polar surface area (TPSA) is 12.5 Å². The van der Waals surface area contributed by atoms with Crippen molar-refractivity contribution in [1.29, 1.82) is 0 Å². The van der Waals surface area contributed by atoms with E-state index in [1.807, 2.05) is 0 Å². The van der Waals surface area contributed by atoms with E-state index in [2.05, 4.69) is 30.0 Å². The second kappa shape index (κ2) is 4.79. The van der Waals surface area contributed by atoms with Gasteiger partial charge in [-0.15, -0.1) is 0 Å². The molecule has 0 unspecified atom stereocenters. The smallest absolute Gasteiger partial charge is 0.0480 e. The Balaban J connectivity index is 1.73. The van der Waals surface area contributed by atoms with Gasteiger partial charge < -0.3 is 4.74 Å². The lowest BCUT2D eigenvalue weighted by atomic mass is 9.95. The number of hydrogen-bond donors (Lipinski definition) is 0. The van der Waals surface area contributed by atoms with E-state index in [4.69, 9.17) is 4.74 Å². The summed E-state index contributed by atoms with van der Waals surface area (Å²) in [4.78, 5) is 2.65. The van der Waals surface area contributed by atoms with Crippen LogP contribution in [0, 0.1) is 6.92 Å². The largest absolute Gasteiger partial charge is 0.381 e. The molecule has 0 radical (unpaired) electrons. The molecule has 17 heavy (non-hydrogen) atoms. The Kier molecular flexibility index (Phi) is 3.17. The summed E-state index contributed by atoms with van der Waals surface area (Å²) in [5.74, 6) is 0.